The molecule has 2 saturated heterocycles. The molecule has 2 fully saturated rings. The molecule has 2 aliphatic heterocycles. The number of carbonyl (C=O) groups excluding carboxylic acids is 2. The molecule has 0 saturated carbocycles. The molecule has 0 bridgehead atoms. The molecule has 1 atom stereocenters. The number of aliphatic carboxylic acids is 1. The van der Waals surface area contributed by atoms with Crippen LogP contribution in [0.25, 0.3) is 0 Å². The maximum atomic E-state index is 12.9. The average molecular weight is 376 g/mol. The van der Waals surface area contributed by atoms with E-state index in [4.69, 9.17) is 5.11 Å². The van der Waals surface area contributed by atoms with Gasteiger partial charge in [-0.3, -0.25) is 14.4 Å². The fourth-order valence-corrected chi connectivity index (χ4v) is 4.71. The standard InChI is InChI=1S/C19H24N2O4S/c22-17(23)12-16-13-26-11-10-21(16)19(25)15-6-8-20(9-7-15)18(24)14-4-2-1-3-5-14/h1-5,15-16H,6-13H2,(H,22,23). The summed E-state index contributed by atoms with van der Waals surface area (Å²) < 4.78 is 0. The second-order valence-corrected chi connectivity index (χ2v) is 7.94. The highest BCUT2D eigenvalue weighted by Gasteiger charge is 2.35. The number of thioether (sulfide) groups is 1. The van der Waals surface area contributed by atoms with Crippen molar-refractivity contribution in [3.63, 3.8) is 0 Å². The Morgan fingerprint density at radius 2 is 1.77 bits per heavy atom. The van der Waals surface area contributed by atoms with Crippen molar-refractivity contribution in [2.24, 2.45) is 5.92 Å². The number of piperidine rings is 1. The molecule has 2 aliphatic rings. The minimum Gasteiger partial charge on any atom is -0.481 e. The van der Waals surface area contributed by atoms with Gasteiger partial charge in [-0.25, -0.2) is 0 Å². The fraction of sp³-hybridized carbons (Fsp3) is 0.526. The van der Waals surface area contributed by atoms with Crippen LogP contribution in [0.5, 0.6) is 0 Å². The number of hydrogen-bond donors (Lipinski definition) is 1. The second-order valence-electron chi connectivity index (χ2n) is 6.79. The Morgan fingerprint density at radius 3 is 2.42 bits per heavy atom. The summed E-state index contributed by atoms with van der Waals surface area (Å²) in [6.45, 7) is 1.75. The molecule has 0 aliphatic carbocycles. The van der Waals surface area contributed by atoms with Crippen LogP contribution < -0.4 is 0 Å². The molecule has 1 unspecified atom stereocenters. The summed E-state index contributed by atoms with van der Waals surface area (Å²) in [5.74, 6) is 0.627. The first kappa shape index (κ1) is 18.8. The van der Waals surface area contributed by atoms with Crippen molar-refractivity contribution in [2.45, 2.75) is 25.3 Å². The second kappa shape index (κ2) is 8.58. The summed E-state index contributed by atoms with van der Waals surface area (Å²) >= 11 is 1.70. The molecule has 1 aromatic carbocycles. The molecule has 0 aromatic heterocycles. The van der Waals surface area contributed by atoms with E-state index in [-0.39, 0.29) is 30.2 Å². The van der Waals surface area contributed by atoms with Gasteiger partial charge >= 0.3 is 5.97 Å². The lowest BCUT2D eigenvalue weighted by atomic mass is 9.94. The maximum absolute atomic E-state index is 12.9. The molecule has 1 aromatic rings. The smallest absolute Gasteiger partial charge is 0.305 e. The molecular formula is C19H24N2O4S. The zero-order chi connectivity index (χ0) is 18.5. The largest absolute Gasteiger partial charge is 0.481 e. The topological polar surface area (TPSA) is 77.9 Å². The van der Waals surface area contributed by atoms with Gasteiger partial charge in [0.15, 0.2) is 0 Å². The molecule has 7 heteroatoms. The van der Waals surface area contributed by atoms with Gasteiger partial charge in [0.05, 0.1) is 12.5 Å². The van der Waals surface area contributed by atoms with Gasteiger partial charge in [0, 0.05) is 42.6 Å². The zero-order valence-electron chi connectivity index (χ0n) is 14.7. The molecular weight excluding hydrogens is 352 g/mol. The lowest BCUT2D eigenvalue weighted by Gasteiger charge is -2.39. The van der Waals surface area contributed by atoms with E-state index in [1.165, 1.54) is 0 Å². The number of nitrogens with zero attached hydrogens (tertiary/aromatic N) is 2. The van der Waals surface area contributed by atoms with Crippen molar-refractivity contribution in [2.75, 3.05) is 31.1 Å². The van der Waals surface area contributed by atoms with Gasteiger partial charge in [0.2, 0.25) is 5.91 Å². The van der Waals surface area contributed by atoms with Gasteiger partial charge < -0.3 is 14.9 Å². The molecule has 2 heterocycles. The SMILES string of the molecule is O=C(O)CC1CSCCN1C(=O)C1CCN(C(=O)c2ccccc2)CC1. The van der Waals surface area contributed by atoms with Crippen LogP contribution in [0.2, 0.25) is 0 Å². The fourth-order valence-electron chi connectivity index (χ4n) is 3.64. The molecule has 2 amide bonds. The number of likely N-dealkylation sites (tertiary alicyclic amines) is 1. The first-order chi connectivity index (χ1) is 12.6. The maximum Gasteiger partial charge on any atom is 0.305 e. The molecule has 1 N–H and O–H groups in total. The number of benzene rings is 1. The van der Waals surface area contributed by atoms with Crippen LogP contribution in [-0.4, -0.2) is 69.9 Å². The lowest BCUT2D eigenvalue weighted by molar-refractivity contribution is -0.142. The molecule has 6 nitrogen and oxygen atoms in total. The Morgan fingerprint density at radius 1 is 1.08 bits per heavy atom. The summed E-state index contributed by atoms with van der Waals surface area (Å²) in [5, 5.41) is 9.09. The van der Waals surface area contributed by atoms with E-state index >= 15 is 0 Å². The van der Waals surface area contributed by atoms with Crippen LogP contribution in [0.3, 0.4) is 0 Å². The van der Waals surface area contributed by atoms with E-state index in [0.717, 1.165) is 5.75 Å². The van der Waals surface area contributed by atoms with E-state index in [2.05, 4.69) is 0 Å². The van der Waals surface area contributed by atoms with Gasteiger partial charge in [0.25, 0.3) is 5.91 Å². The molecule has 0 spiro atoms. The van der Waals surface area contributed by atoms with Crippen LogP contribution >= 0.6 is 11.8 Å². The van der Waals surface area contributed by atoms with E-state index < -0.39 is 5.97 Å². The molecule has 3 rings (SSSR count). The quantitative estimate of drug-likeness (QED) is 0.869. The lowest BCUT2D eigenvalue weighted by Crippen LogP contribution is -2.51. The summed E-state index contributed by atoms with van der Waals surface area (Å²) in [5.41, 5.74) is 0.673. The van der Waals surface area contributed by atoms with Crippen molar-refractivity contribution in [1.29, 1.82) is 0 Å². The highest BCUT2D eigenvalue weighted by atomic mass is 32.2. The van der Waals surface area contributed by atoms with Gasteiger partial charge in [-0.15, -0.1) is 0 Å². The van der Waals surface area contributed by atoms with E-state index in [1.807, 2.05) is 30.3 Å². The molecule has 26 heavy (non-hydrogen) atoms. The Kier molecular flexibility index (Phi) is 6.19. The van der Waals surface area contributed by atoms with E-state index in [9.17, 15) is 14.4 Å². The number of hydrogen-bond acceptors (Lipinski definition) is 4. The van der Waals surface area contributed by atoms with Crippen molar-refractivity contribution >= 4 is 29.5 Å². The van der Waals surface area contributed by atoms with Crippen LogP contribution in [0.15, 0.2) is 30.3 Å². The Bertz CT molecular complexity index is 659. The Hall–Kier alpha value is -2.02. The van der Waals surface area contributed by atoms with Crippen molar-refractivity contribution < 1.29 is 19.5 Å². The van der Waals surface area contributed by atoms with Crippen molar-refractivity contribution in [3.8, 4) is 0 Å². The minimum absolute atomic E-state index is 0.00405. The third kappa shape index (κ3) is 4.38. The molecule has 140 valence electrons. The summed E-state index contributed by atoms with van der Waals surface area (Å²) in [6, 6.07) is 8.97. The monoisotopic (exact) mass is 376 g/mol. The Balaban J connectivity index is 1.57. The van der Waals surface area contributed by atoms with Crippen molar-refractivity contribution in [1.82, 2.24) is 9.80 Å². The van der Waals surface area contributed by atoms with Crippen LogP contribution in [0.1, 0.15) is 29.6 Å². The first-order valence-electron chi connectivity index (χ1n) is 9.00. The Labute approximate surface area is 157 Å². The number of rotatable bonds is 4. The van der Waals surface area contributed by atoms with Crippen LogP contribution in [0, 0.1) is 5.92 Å². The number of carbonyl (C=O) groups is 3. The van der Waals surface area contributed by atoms with Gasteiger partial charge in [-0.05, 0) is 25.0 Å². The summed E-state index contributed by atoms with van der Waals surface area (Å²) in [7, 11) is 0. The van der Waals surface area contributed by atoms with Gasteiger partial charge in [0.1, 0.15) is 0 Å². The average Bonchev–Trinajstić information content (AvgIpc) is 2.68. The highest BCUT2D eigenvalue weighted by Crippen LogP contribution is 2.26. The number of amides is 2. The van der Waals surface area contributed by atoms with Crippen LogP contribution in [0.4, 0.5) is 0 Å². The zero-order valence-corrected chi connectivity index (χ0v) is 15.5. The third-order valence-electron chi connectivity index (χ3n) is 5.07. The van der Waals surface area contributed by atoms with Crippen LogP contribution in [-0.2, 0) is 9.59 Å². The number of carboxylic acids is 1. The summed E-state index contributed by atoms with van der Waals surface area (Å²) in [6.07, 6.45) is 1.28. The van der Waals surface area contributed by atoms with Gasteiger partial charge in [-0.2, -0.15) is 11.8 Å². The van der Waals surface area contributed by atoms with E-state index in [1.54, 1.807) is 21.6 Å². The number of carboxylic acid groups (broad SMARTS) is 1. The first-order valence-corrected chi connectivity index (χ1v) is 10.2. The van der Waals surface area contributed by atoms with E-state index in [0.29, 0.717) is 43.8 Å². The predicted molar refractivity (Wildman–Crippen MR) is 100 cm³/mol. The van der Waals surface area contributed by atoms with Crippen molar-refractivity contribution in [3.05, 3.63) is 35.9 Å². The minimum atomic E-state index is -0.862. The van der Waals surface area contributed by atoms with Gasteiger partial charge in [-0.1, -0.05) is 18.2 Å². The highest BCUT2D eigenvalue weighted by molar-refractivity contribution is 7.99. The summed E-state index contributed by atoms with van der Waals surface area (Å²) in [4.78, 5) is 40.1. The third-order valence-corrected chi connectivity index (χ3v) is 6.16. The normalized spacial score (nSPS) is 21.5. The predicted octanol–water partition coefficient (Wildman–Crippen LogP) is 1.96. The molecule has 0 radical (unpaired) electrons.